The number of aliphatic hydroxyl groups is 1. The number of aryl methyl sites for hydroxylation is 2. The Kier molecular flexibility index (Phi) is 4.69. The number of furan rings is 1. The molecule has 26 heavy (non-hydrogen) atoms. The van der Waals surface area contributed by atoms with E-state index >= 15 is 0 Å². The molecule has 0 bridgehead atoms. The number of nitrogens with zero attached hydrogens (tertiary/aromatic N) is 3. The van der Waals surface area contributed by atoms with Gasteiger partial charge < -0.3 is 19.3 Å². The van der Waals surface area contributed by atoms with Crippen molar-refractivity contribution in [1.29, 1.82) is 0 Å². The maximum Gasteiger partial charge on any atom is 0.295 e. The first-order valence-corrected chi connectivity index (χ1v) is 8.31. The summed E-state index contributed by atoms with van der Waals surface area (Å²) in [5, 5.41) is 17.7. The van der Waals surface area contributed by atoms with Gasteiger partial charge in [-0.2, -0.15) is 5.10 Å². The average molecular weight is 358 g/mol. The summed E-state index contributed by atoms with van der Waals surface area (Å²) in [5.74, 6) is -1.17. The third-order valence-corrected chi connectivity index (χ3v) is 4.51. The lowest BCUT2D eigenvalue weighted by molar-refractivity contribution is -0.140. The van der Waals surface area contributed by atoms with Crippen LogP contribution in [0.5, 0.6) is 0 Å². The molecule has 1 atom stereocenters. The van der Waals surface area contributed by atoms with E-state index in [9.17, 15) is 14.7 Å². The number of hydrogen-bond donors (Lipinski definition) is 2. The fourth-order valence-corrected chi connectivity index (χ4v) is 3.20. The van der Waals surface area contributed by atoms with Gasteiger partial charge in [-0.15, -0.1) is 0 Å². The molecular formula is C18H22N4O4. The van der Waals surface area contributed by atoms with Crippen LogP contribution >= 0.6 is 0 Å². The van der Waals surface area contributed by atoms with Crippen LogP contribution in [-0.2, 0) is 9.59 Å². The number of nitrogens with one attached hydrogen (secondary N) is 1. The van der Waals surface area contributed by atoms with Crippen molar-refractivity contribution in [2.75, 3.05) is 27.2 Å². The molecule has 1 saturated heterocycles. The number of aliphatic hydroxyl groups excluding tert-OH is 1. The number of likely N-dealkylation sites (N-methyl/N-ethyl adjacent to an activating group) is 1. The monoisotopic (exact) mass is 358 g/mol. The lowest BCUT2D eigenvalue weighted by Gasteiger charge is -2.24. The van der Waals surface area contributed by atoms with Crippen molar-refractivity contribution in [2.24, 2.45) is 0 Å². The molecule has 0 saturated carbocycles. The molecule has 8 heteroatoms. The highest BCUT2D eigenvalue weighted by molar-refractivity contribution is 6.46. The number of Topliss-reactive ketones (excluding diaryl/α,β-unsaturated/α-hetero) is 1. The van der Waals surface area contributed by atoms with Gasteiger partial charge in [-0.3, -0.25) is 14.7 Å². The normalized spacial score (nSPS) is 19.7. The van der Waals surface area contributed by atoms with Gasteiger partial charge >= 0.3 is 0 Å². The van der Waals surface area contributed by atoms with Gasteiger partial charge in [0.2, 0.25) is 0 Å². The topological polar surface area (TPSA) is 103 Å². The predicted octanol–water partition coefficient (Wildman–Crippen LogP) is 1.60. The zero-order valence-corrected chi connectivity index (χ0v) is 15.2. The molecule has 1 amide bonds. The summed E-state index contributed by atoms with van der Waals surface area (Å²) < 4.78 is 5.48. The number of amides is 1. The van der Waals surface area contributed by atoms with E-state index in [1.54, 1.807) is 26.0 Å². The van der Waals surface area contributed by atoms with Crippen LogP contribution < -0.4 is 0 Å². The van der Waals surface area contributed by atoms with Crippen molar-refractivity contribution in [1.82, 2.24) is 20.0 Å². The molecule has 1 aliphatic rings. The first-order valence-electron chi connectivity index (χ1n) is 8.31. The quantitative estimate of drug-likeness (QED) is 0.478. The van der Waals surface area contributed by atoms with E-state index in [2.05, 4.69) is 10.2 Å². The maximum absolute atomic E-state index is 12.7. The van der Waals surface area contributed by atoms with E-state index < -0.39 is 17.7 Å². The Labute approximate surface area is 151 Å². The number of aromatic amines is 1. The highest BCUT2D eigenvalue weighted by atomic mass is 16.3. The fraction of sp³-hybridized carbons (Fsp3) is 0.389. The Morgan fingerprint density at radius 1 is 1.38 bits per heavy atom. The summed E-state index contributed by atoms with van der Waals surface area (Å²) >= 11 is 0. The Hall–Kier alpha value is -2.87. The van der Waals surface area contributed by atoms with Crippen molar-refractivity contribution < 1.29 is 19.1 Å². The van der Waals surface area contributed by atoms with Crippen molar-refractivity contribution in [3.63, 3.8) is 0 Å². The van der Waals surface area contributed by atoms with Crippen LogP contribution in [-0.4, -0.2) is 64.0 Å². The summed E-state index contributed by atoms with van der Waals surface area (Å²) in [6.45, 7) is 4.39. The molecule has 0 unspecified atom stereocenters. The number of ketones is 1. The zero-order chi connectivity index (χ0) is 19.0. The second kappa shape index (κ2) is 6.80. The molecule has 0 aromatic carbocycles. The molecule has 3 heterocycles. The van der Waals surface area contributed by atoms with Gasteiger partial charge in [-0.25, -0.2) is 0 Å². The number of rotatable bonds is 5. The second-order valence-electron chi connectivity index (χ2n) is 6.62. The molecule has 1 aliphatic heterocycles. The van der Waals surface area contributed by atoms with Crippen LogP contribution in [0, 0.1) is 13.8 Å². The minimum atomic E-state index is -0.765. The molecular weight excluding hydrogens is 336 g/mol. The number of carbonyl (C=O) groups excluding carboxylic acids is 2. The van der Waals surface area contributed by atoms with Crippen LogP contribution in [0.2, 0.25) is 0 Å². The van der Waals surface area contributed by atoms with E-state index in [-0.39, 0.29) is 11.3 Å². The van der Waals surface area contributed by atoms with Gasteiger partial charge in [-0.1, -0.05) is 0 Å². The van der Waals surface area contributed by atoms with Crippen molar-refractivity contribution in [3.8, 4) is 0 Å². The summed E-state index contributed by atoms with van der Waals surface area (Å²) in [5.41, 5.74) is 1.64. The van der Waals surface area contributed by atoms with Crippen LogP contribution in [0.15, 0.2) is 28.4 Å². The van der Waals surface area contributed by atoms with Crippen LogP contribution in [0.4, 0.5) is 0 Å². The van der Waals surface area contributed by atoms with E-state index in [0.29, 0.717) is 35.8 Å². The van der Waals surface area contributed by atoms with E-state index in [1.165, 1.54) is 11.2 Å². The van der Waals surface area contributed by atoms with Crippen LogP contribution in [0.3, 0.4) is 0 Å². The summed E-state index contributed by atoms with van der Waals surface area (Å²) in [6.07, 6.45) is 1.48. The number of carbonyl (C=O) groups is 2. The number of aromatic nitrogens is 2. The van der Waals surface area contributed by atoms with Gasteiger partial charge in [0.05, 0.1) is 23.1 Å². The van der Waals surface area contributed by atoms with Crippen molar-refractivity contribution >= 4 is 17.4 Å². The number of likely N-dealkylation sites (tertiary alicyclic amines) is 1. The highest BCUT2D eigenvalue weighted by Gasteiger charge is 2.47. The molecule has 8 nitrogen and oxygen atoms in total. The van der Waals surface area contributed by atoms with Crippen LogP contribution in [0.25, 0.3) is 5.76 Å². The second-order valence-corrected chi connectivity index (χ2v) is 6.62. The molecule has 0 radical (unpaired) electrons. The standard InChI is InChI=1S/C18H22N4O4/c1-10-13(11(2)20-19-10)16(23)14-15(12-6-5-9-26-12)22(8-7-21(3)4)18(25)17(14)24/h5-6,9,15,23H,7-8H2,1-4H3,(H,19,20)/b16-14+/t15-/m0/s1. The molecule has 138 valence electrons. The summed E-state index contributed by atoms with van der Waals surface area (Å²) in [7, 11) is 3.77. The van der Waals surface area contributed by atoms with E-state index in [1.807, 2.05) is 19.0 Å². The number of hydrogen-bond acceptors (Lipinski definition) is 6. The van der Waals surface area contributed by atoms with Gasteiger partial charge in [0.1, 0.15) is 17.6 Å². The van der Waals surface area contributed by atoms with Crippen molar-refractivity contribution in [2.45, 2.75) is 19.9 Å². The Morgan fingerprint density at radius 2 is 2.12 bits per heavy atom. The lowest BCUT2D eigenvalue weighted by atomic mass is 9.98. The molecule has 2 aromatic heterocycles. The first kappa shape index (κ1) is 17.9. The lowest BCUT2D eigenvalue weighted by Crippen LogP contribution is -2.35. The maximum atomic E-state index is 12.7. The molecule has 0 aliphatic carbocycles. The summed E-state index contributed by atoms with van der Waals surface area (Å²) in [4.78, 5) is 28.7. The third-order valence-electron chi connectivity index (χ3n) is 4.51. The third kappa shape index (κ3) is 2.92. The predicted molar refractivity (Wildman–Crippen MR) is 94.3 cm³/mol. The van der Waals surface area contributed by atoms with E-state index in [0.717, 1.165) is 0 Å². The Balaban J connectivity index is 2.14. The molecule has 2 aromatic rings. The van der Waals surface area contributed by atoms with Gasteiger partial charge in [-0.05, 0) is 40.1 Å². The number of H-pyrrole nitrogens is 1. The first-order chi connectivity index (χ1) is 12.3. The van der Waals surface area contributed by atoms with Crippen molar-refractivity contribution in [3.05, 3.63) is 46.7 Å². The molecule has 0 spiro atoms. The molecule has 2 N–H and O–H groups in total. The molecule has 3 rings (SSSR count). The smallest absolute Gasteiger partial charge is 0.295 e. The zero-order valence-electron chi connectivity index (χ0n) is 15.2. The highest BCUT2D eigenvalue weighted by Crippen LogP contribution is 2.40. The summed E-state index contributed by atoms with van der Waals surface area (Å²) in [6, 6.07) is 2.62. The Bertz CT molecular complexity index is 844. The Morgan fingerprint density at radius 3 is 2.65 bits per heavy atom. The average Bonchev–Trinajstić information content (AvgIpc) is 3.27. The van der Waals surface area contributed by atoms with Crippen LogP contribution in [0.1, 0.15) is 28.8 Å². The minimum absolute atomic E-state index is 0.0244. The minimum Gasteiger partial charge on any atom is -0.507 e. The largest absolute Gasteiger partial charge is 0.507 e. The fourth-order valence-electron chi connectivity index (χ4n) is 3.20. The SMILES string of the molecule is Cc1n[nH]c(C)c1/C(O)=C1\C(=O)C(=O)N(CCN(C)C)[C@H]1c1ccco1. The van der Waals surface area contributed by atoms with E-state index in [4.69, 9.17) is 4.42 Å². The van der Waals surface area contributed by atoms with Gasteiger partial charge in [0, 0.05) is 18.8 Å². The van der Waals surface area contributed by atoms with Gasteiger partial charge in [0.15, 0.2) is 0 Å². The molecule has 1 fully saturated rings. The van der Waals surface area contributed by atoms with Gasteiger partial charge in [0.25, 0.3) is 11.7 Å².